The first-order chi connectivity index (χ1) is 13.5. The van der Waals surface area contributed by atoms with E-state index in [0.717, 1.165) is 44.0 Å². The number of likely N-dealkylation sites (N-methyl/N-ethyl adjacent to an activating group) is 1. The van der Waals surface area contributed by atoms with Crippen molar-refractivity contribution >= 4 is 17.3 Å². The third kappa shape index (κ3) is 4.39. The van der Waals surface area contributed by atoms with Gasteiger partial charge in [-0.3, -0.25) is 4.79 Å². The molecule has 28 heavy (non-hydrogen) atoms. The van der Waals surface area contributed by atoms with Crippen LogP contribution in [-0.2, 0) is 0 Å². The van der Waals surface area contributed by atoms with Crippen LogP contribution in [-0.4, -0.2) is 57.8 Å². The number of carbonyl (C=O) groups excluding carboxylic acids is 1. The van der Waals surface area contributed by atoms with Gasteiger partial charge in [0.1, 0.15) is 0 Å². The molecule has 1 amide bonds. The van der Waals surface area contributed by atoms with Gasteiger partial charge in [-0.2, -0.15) is 0 Å². The second-order valence-electron chi connectivity index (χ2n) is 6.94. The van der Waals surface area contributed by atoms with Crippen molar-refractivity contribution in [3.8, 4) is 11.5 Å². The predicted octanol–water partition coefficient (Wildman–Crippen LogP) is 3.41. The Kier molecular flexibility index (Phi) is 6.41. The van der Waals surface area contributed by atoms with Crippen LogP contribution in [0.3, 0.4) is 0 Å². The number of hydrogen-bond donors (Lipinski definition) is 1. The molecule has 1 N–H and O–H groups in total. The molecule has 0 unspecified atom stereocenters. The van der Waals surface area contributed by atoms with Crippen LogP contribution >= 0.6 is 0 Å². The first kappa shape index (κ1) is 20.0. The summed E-state index contributed by atoms with van der Waals surface area (Å²) in [7, 11) is 3.13. The fraction of sp³-hybridized carbons (Fsp3) is 0.409. The van der Waals surface area contributed by atoms with Gasteiger partial charge < -0.3 is 24.6 Å². The summed E-state index contributed by atoms with van der Waals surface area (Å²) in [6.45, 7) is 9.58. The lowest BCUT2D eigenvalue weighted by Crippen LogP contribution is -2.46. The summed E-state index contributed by atoms with van der Waals surface area (Å²) < 4.78 is 10.5. The molecule has 0 spiro atoms. The lowest BCUT2D eigenvalue weighted by Gasteiger charge is -2.35. The second kappa shape index (κ2) is 8.97. The molecule has 6 nitrogen and oxygen atoms in total. The number of hydrogen-bond acceptors (Lipinski definition) is 5. The molecule has 2 aromatic carbocycles. The highest BCUT2D eigenvalue weighted by Gasteiger charge is 2.17. The van der Waals surface area contributed by atoms with Crippen molar-refractivity contribution in [3.05, 3.63) is 47.5 Å². The number of aryl methyl sites for hydroxylation is 1. The van der Waals surface area contributed by atoms with E-state index in [0.29, 0.717) is 17.1 Å². The van der Waals surface area contributed by atoms with E-state index in [1.165, 1.54) is 5.69 Å². The van der Waals surface area contributed by atoms with Crippen LogP contribution in [0, 0.1) is 6.92 Å². The standard InChI is InChI=1S/C22H29N3O3/c1-5-24-10-12-25(13-11-24)18-7-8-19(16(2)14-18)23-22(26)17-6-9-20(27-3)21(15-17)28-4/h6-9,14-15H,5,10-13H2,1-4H3,(H,23,26). The highest BCUT2D eigenvalue weighted by atomic mass is 16.5. The van der Waals surface area contributed by atoms with Crippen molar-refractivity contribution in [2.24, 2.45) is 0 Å². The first-order valence-corrected chi connectivity index (χ1v) is 9.67. The van der Waals surface area contributed by atoms with Crippen molar-refractivity contribution < 1.29 is 14.3 Å². The van der Waals surface area contributed by atoms with Crippen LogP contribution in [0.1, 0.15) is 22.8 Å². The molecule has 0 atom stereocenters. The number of methoxy groups -OCH3 is 2. The maximum atomic E-state index is 12.7. The number of benzene rings is 2. The Bertz CT molecular complexity index is 830. The summed E-state index contributed by atoms with van der Waals surface area (Å²) in [6, 6.07) is 11.4. The van der Waals surface area contributed by atoms with Gasteiger partial charge in [0.15, 0.2) is 11.5 Å². The smallest absolute Gasteiger partial charge is 0.255 e. The SMILES string of the molecule is CCN1CCN(c2ccc(NC(=O)c3ccc(OC)c(OC)c3)c(C)c2)CC1. The molecule has 1 aliphatic heterocycles. The summed E-state index contributed by atoms with van der Waals surface area (Å²) in [4.78, 5) is 17.5. The quantitative estimate of drug-likeness (QED) is 0.829. The van der Waals surface area contributed by atoms with Gasteiger partial charge in [0, 0.05) is 43.1 Å². The lowest BCUT2D eigenvalue weighted by atomic mass is 10.1. The van der Waals surface area contributed by atoms with E-state index in [1.807, 2.05) is 13.0 Å². The molecule has 3 rings (SSSR count). The zero-order chi connectivity index (χ0) is 20.1. The van der Waals surface area contributed by atoms with E-state index in [4.69, 9.17) is 9.47 Å². The van der Waals surface area contributed by atoms with Crippen LogP contribution in [0.15, 0.2) is 36.4 Å². The lowest BCUT2D eigenvalue weighted by molar-refractivity contribution is 0.102. The summed E-state index contributed by atoms with van der Waals surface area (Å²) in [6.07, 6.45) is 0. The monoisotopic (exact) mass is 383 g/mol. The van der Waals surface area contributed by atoms with Gasteiger partial charge in [0.2, 0.25) is 0 Å². The van der Waals surface area contributed by atoms with Crippen LogP contribution < -0.4 is 19.7 Å². The molecule has 0 aliphatic carbocycles. The van der Waals surface area contributed by atoms with Gasteiger partial charge in [0.25, 0.3) is 5.91 Å². The number of amides is 1. The molecule has 1 heterocycles. The van der Waals surface area contributed by atoms with E-state index in [-0.39, 0.29) is 5.91 Å². The molecule has 0 radical (unpaired) electrons. The predicted molar refractivity (Wildman–Crippen MR) is 113 cm³/mol. The first-order valence-electron chi connectivity index (χ1n) is 9.67. The molecule has 0 aromatic heterocycles. The average Bonchev–Trinajstić information content (AvgIpc) is 2.74. The topological polar surface area (TPSA) is 54.0 Å². The minimum atomic E-state index is -0.173. The van der Waals surface area contributed by atoms with Crippen LogP contribution in [0.2, 0.25) is 0 Å². The number of anilines is 2. The zero-order valence-electron chi connectivity index (χ0n) is 17.1. The molecule has 6 heteroatoms. The van der Waals surface area contributed by atoms with Crippen LogP contribution in [0.4, 0.5) is 11.4 Å². The van der Waals surface area contributed by atoms with E-state index < -0.39 is 0 Å². The van der Waals surface area contributed by atoms with E-state index in [9.17, 15) is 4.79 Å². The van der Waals surface area contributed by atoms with Gasteiger partial charge >= 0.3 is 0 Å². The average molecular weight is 383 g/mol. The zero-order valence-corrected chi connectivity index (χ0v) is 17.1. The third-order valence-electron chi connectivity index (χ3n) is 5.29. The number of carbonyl (C=O) groups is 1. The van der Waals surface area contributed by atoms with Crippen LogP contribution in [0.25, 0.3) is 0 Å². The Balaban J connectivity index is 1.70. The Morgan fingerprint density at radius 2 is 1.71 bits per heavy atom. The molecule has 1 aliphatic rings. The fourth-order valence-electron chi connectivity index (χ4n) is 3.48. The molecule has 1 fully saturated rings. The Morgan fingerprint density at radius 1 is 1.00 bits per heavy atom. The molecule has 1 saturated heterocycles. The summed E-state index contributed by atoms with van der Waals surface area (Å²) in [5, 5.41) is 3.00. The highest BCUT2D eigenvalue weighted by Crippen LogP contribution is 2.29. The molecule has 0 saturated carbocycles. The maximum Gasteiger partial charge on any atom is 0.255 e. The van der Waals surface area contributed by atoms with Crippen molar-refractivity contribution in [1.82, 2.24) is 4.90 Å². The van der Waals surface area contributed by atoms with Crippen molar-refractivity contribution in [2.45, 2.75) is 13.8 Å². The highest BCUT2D eigenvalue weighted by molar-refractivity contribution is 6.05. The number of piperazine rings is 1. The van der Waals surface area contributed by atoms with Gasteiger partial charge in [-0.1, -0.05) is 6.92 Å². The second-order valence-corrected chi connectivity index (χ2v) is 6.94. The van der Waals surface area contributed by atoms with Gasteiger partial charge in [-0.15, -0.1) is 0 Å². The number of nitrogens with zero attached hydrogens (tertiary/aromatic N) is 2. The van der Waals surface area contributed by atoms with E-state index in [2.05, 4.69) is 34.2 Å². The molecule has 2 aromatic rings. The molecule has 150 valence electrons. The maximum absolute atomic E-state index is 12.7. The van der Waals surface area contributed by atoms with Crippen molar-refractivity contribution in [3.63, 3.8) is 0 Å². The number of nitrogens with one attached hydrogen (secondary N) is 1. The third-order valence-corrected chi connectivity index (χ3v) is 5.29. The van der Waals surface area contributed by atoms with E-state index >= 15 is 0 Å². The van der Waals surface area contributed by atoms with Crippen LogP contribution in [0.5, 0.6) is 11.5 Å². The normalized spacial score (nSPS) is 14.6. The van der Waals surface area contributed by atoms with Crippen molar-refractivity contribution in [2.75, 3.05) is 57.2 Å². The fourth-order valence-corrected chi connectivity index (χ4v) is 3.48. The summed E-state index contributed by atoms with van der Waals surface area (Å²) >= 11 is 0. The Labute approximate surface area is 167 Å². The number of rotatable bonds is 6. The molecular weight excluding hydrogens is 354 g/mol. The van der Waals surface area contributed by atoms with Crippen molar-refractivity contribution in [1.29, 1.82) is 0 Å². The largest absolute Gasteiger partial charge is 0.493 e. The Hall–Kier alpha value is -2.73. The van der Waals surface area contributed by atoms with Gasteiger partial charge in [-0.25, -0.2) is 0 Å². The summed E-state index contributed by atoms with van der Waals surface area (Å²) in [5.74, 6) is 0.963. The Morgan fingerprint density at radius 3 is 2.32 bits per heavy atom. The van der Waals surface area contributed by atoms with E-state index in [1.54, 1.807) is 32.4 Å². The number of ether oxygens (including phenoxy) is 2. The molecule has 0 bridgehead atoms. The van der Waals surface area contributed by atoms with Gasteiger partial charge in [-0.05, 0) is 55.4 Å². The minimum Gasteiger partial charge on any atom is -0.493 e. The summed E-state index contributed by atoms with van der Waals surface area (Å²) in [5.41, 5.74) is 3.59. The van der Waals surface area contributed by atoms with Gasteiger partial charge in [0.05, 0.1) is 14.2 Å². The molecular formula is C22H29N3O3. The minimum absolute atomic E-state index is 0.173.